The van der Waals surface area contributed by atoms with E-state index >= 15 is 0 Å². The summed E-state index contributed by atoms with van der Waals surface area (Å²) in [5, 5.41) is 0. The molecule has 444 valence electrons. The van der Waals surface area contributed by atoms with Gasteiger partial charge in [0.1, 0.15) is 13.2 Å². The highest BCUT2D eigenvalue weighted by atomic mass is 16.6. The first-order chi connectivity index (χ1) is 39.0. The van der Waals surface area contributed by atoms with Crippen LogP contribution in [0.15, 0.2) is 158 Å². The molecule has 0 aliphatic heterocycles. The smallest absolute Gasteiger partial charge is 0.306 e. The number of carbonyl (C=O) groups is 3. The first kappa shape index (κ1) is 74.0. The molecule has 0 aliphatic rings. The number of allylic oxidation sites excluding steroid dienone is 26. The summed E-state index contributed by atoms with van der Waals surface area (Å²) < 4.78 is 16.9. The number of rotatable bonds is 56. The average Bonchev–Trinajstić information content (AvgIpc) is 3.45. The van der Waals surface area contributed by atoms with Gasteiger partial charge >= 0.3 is 17.9 Å². The molecule has 0 fully saturated rings. The molecule has 6 heteroatoms. The Balaban J connectivity index is 4.40. The third-order valence-corrected chi connectivity index (χ3v) is 13.0. The average molecular weight is 1090 g/mol. The van der Waals surface area contributed by atoms with Gasteiger partial charge in [0.25, 0.3) is 0 Å². The lowest BCUT2D eigenvalue weighted by atomic mass is 10.1. The van der Waals surface area contributed by atoms with Gasteiger partial charge in [0.2, 0.25) is 0 Å². The maximum Gasteiger partial charge on any atom is 0.306 e. The fraction of sp³-hybridized carbons (Fsp3) is 0.603. The molecule has 0 radical (unpaired) electrons. The zero-order valence-corrected chi connectivity index (χ0v) is 50.8. The van der Waals surface area contributed by atoms with E-state index in [0.29, 0.717) is 19.3 Å². The van der Waals surface area contributed by atoms with Crippen LogP contribution in [0.5, 0.6) is 0 Å². The number of carbonyl (C=O) groups excluding carboxylic acids is 3. The van der Waals surface area contributed by atoms with Crippen molar-refractivity contribution in [3.8, 4) is 0 Å². The van der Waals surface area contributed by atoms with E-state index in [4.69, 9.17) is 14.2 Å². The van der Waals surface area contributed by atoms with Crippen LogP contribution in [-0.2, 0) is 28.6 Å². The minimum absolute atomic E-state index is 0.102. The van der Waals surface area contributed by atoms with Gasteiger partial charge in [-0.25, -0.2) is 0 Å². The Morgan fingerprint density at radius 2 is 0.456 bits per heavy atom. The van der Waals surface area contributed by atoms with Gasteiger partial charge in [0.05, 0.1) is 0 Å². The van der Waals surface area contributed by atoms with E-state index in [0.717, 1.165) is 161 Å². The predicted molar refractivity (Wildman–Crippen MR) is 343 cm³/mol. The molecular formula is C73H116O6. The van der Waals surface area contributed by atoms with Crippen molar-refractivity contribution >= 4 is 17.9 Å². The molecule has 0 rings (SSSR count). The Morgan fingerprint density at radius 1 is 0.253 bits per heavy atom. The van der Waals surface area contributed by atoms with Crippen molar-refractivity contribution in [2.75, 3.05) is 13.2 Å². The third-order valence-electron chi connectivity index (χ3n) is 13.0. The summed E-state index contributed by atoms with van der Waals surface area (Å²) in [7, 11) is 0. The molecule has 0 saturated carbocycles. The molecule has 0 N–H and O–H groups in total. The summed E-state index contributed by atoms with van der Waals surface area (Å²) in [6, 6.07) is 0. The maximum absolute atomic E-state index is 12.9. The lowest BCUT2D eigenvalue weighted by Crippen LogP contribution is -2.30. The first-order valence-corrected chi connectivity index (χ1v) is 32.0. The second-order valence-electron chi connectivity index (χ2n) is 20.5. The van der Waals surface area contributed by atoms with Crippen LogP contribution in [0.1, 0.15) is 265 Å². The predicted octanol–water partition coefficient (Wildman–Crippen LogP) is 22.1. The van der Waals surface area contributed by atoms with Crippen LogP contribution in [0, 0.1) is 0 Å². The molecule has 0 aliphatic carbocycles. The lowest BCUT2D eigenvalue weighted by molar-refractivity contribution is -0.167. The van der Waals surface area contributed by atoms with E-state index in [2.05, 4.69) is 179 Å². The molecule has 1 atom stereocenters. The van der Waals surface area contributed by atoms with Crippen molar-refractivity contribution in [3.05, 3.63) is 158 Å². The number of hydrogen-bond donors (Lipinski definition) is 0. The van der Waals surface area contributed by atoms with Gasteiger partial charge in [-0.3, -0.25) is 14.4 Å². The SMILES string of the molecule is CC/C=C\C/C=C\C/C=C\C/C=C\C/C=C\C/C=C\CCCCCCCCCCC(=O)OCC(COC(=O)CCCCC/C=C\C/C=C\C/C=C\CC)OC(=O)CCCCCCCCCC/C=C\C/C=C\C/C=C\C/C=C\CC. The zero-order chi connectivity index (χ0) is 57.1. The summed E-state index contributed by atoms with van der Waals surface area (Å²) in [6.07, 6.45) is 95.3. The molecule has 0 heterocycles. The van der Waals surface area contributed by atoms with Crippen molar-refractivity contribution in [2.45, 2.75) is 271 Å². The highest BCUT2D eigenvalue weighted by Gasteiger charge is 2.19. The van der Waals surface area contributed by atoms with Crippen LogP contribution in [-0.4, -0.2) is 37.2 Å². The number of hydrogen-bond acceptors (Lipinski definition) is 6. The molecule has 0 aromatic carbocycles. The second kappa shape index (κ2) is 65.5. The van der Waals surface area contributed by atoms with E-state index in [1.54, 1.807) is 0 Å². The zero-order valence-electron chi connectivity index (χ0n) is 50.8. The van der Waals surface area contributed by atoms with Crippen LogP contribution in [0.25, 0.3) is 0 Å². The molecular weight excluding hydrogens is 973 g/mol. The van der Waals surface area contributed by atoms with E-state index in [-0.39, 0.29) is 31.1 Å². The standard InChI is InChI=1S/C73H116O6/c1-4-7-10-13-16-19-22-25-27-29-31-33-34-35-36-37-38-40-41-43-45-48-51-54-57-60-63-66-72(75)78-69-70(68-77-71(74)65-62-59-56-53-50-47-24-21-18-15-12-9-6-3)79-73(76)67-64-61-58-55-52-49-46-44-42-39-32-30-28-26-23-20-17-14-11-8-5-2/h7-12,16-21,25-28,31-33,35-36,38-40,47,50,70H,4-6,13-15,22-24,29-30,34,37,41-46,48-49,51-69H2,1-3H3/b10-7-,11-8-,12-9-,19-16-,20-17-,21-18-,27-25-,28-26-,33-31-,36-35-,39-32-,40-38-,50-47-. The van der Waals surface area contributed by atoms with Crippen molar-refractivity contribution in [3.63, 3.8) is 0 Å². The van der Waals surface area contributed by atoms with E-state index in [1.165, 1.54) is 64.2 Å². The van der Waals surface area contributed by atoms with E-state index in [1.807, 2.05) is 0 Å². The highest BCUT2D eigenvalue weighted by molar-refractivity contribution is 5.71. The van der Waals surface area contributed by atoms with E-state index < -0.39 is 6.10 Å². The quantitative estimate of drug-likeness (QED) is 0.0261. The topological polar surface area (TPSA) is 78.9 Å². The molecule has 0 aromatic rings. The van der Waals surface area contributed by atoms with Gasteiger partial charge in [-0.2, -0.15) is 0 Å². The molecule has 0 spiro atoms. The minimum atomic E-state index is -0.807. The molecule has 0 saturated heterocycles. The van der Waals surface area contributed by atoms with Crippen LogP contribution in [0.3, 0.4) is 0 Å². The molecule has 0 bridgehead atoms. The number of esters is 3. The fourth-order valence-electron chi connectivity index (χ4n) is 8.33. The Hall–Kier alpha value is -4.97. The number of ether oxygens (including phenoxy) is 3. The van der Waals surface area contributed by atoms with E-state index in [9.17, 15) is 14.4 Å². The maximum atomic E-state index is 12.9. The molecule has 0 aromatic heterocycles. The van der Waals surface area contributed by atoms with Crippen molar-refractivity contribution in [1.82, 2.24) is 0 Å². The summed E-state index contributed by atoms with van der Waals surface area (Å²) in [4.78, 5) is 38.3. The third kappa shape index (κ3) is 63.7. The van der Waals surface area contributed by atoms with Gasteiger partial charge in [-0.1, -0.05) is 262 Å². The molecule has 79 heavy (non-hydrogen) atoms. The number of unbranched alkanes of at least 4 members (excludes halogenated alkanes) is 19. The van der Waals surface area contributed by atoms with Gasteiger partial charge < -0.3 is 14.2 Å². The summed E-state index contributed by atoms with van der Waals surface area (Å²) in [5.41, 5.74) is 0. The minimum Gasteiger partial charge on any atom is -0.462 e. The summed E-state index contributed by atoms with van der Waals surface area (Å²) >= 11 is 0. The largest absolute Gasteiger partial charge is 0.462 e. The van der Waals surface area contributed by atoms with Crippen LogP contribution in [0.2, 0.25) is 0 Å². The van der Waals surface area contributed by atoms with Crippen molar-refractivity contribution in [2.24, 2.45) is 0 Å². The Labute approximate surface area is 486 Å². The van der Waals surface area contributed by atoms with Crippen LogP contribution >= 0.6 is 0 Å². The summed E-state index contributed by atoms with van der Waals surface area (Å²) in [5.74, 6) is -0.950. The van der Waals surface area contributed by atoms with Crippen molar-refractivity contribution < 1.29 is 28.6 Å². The normalized spacial score (nSPS) is 13.2. The lowest BCUT2D eigenvalue weighted by Gasteiger charge is -2.18. The van der Waals surface area contributed by atoms with Gasteiger partial charge in [0.15, 0.2) is 6.10 Å². The monoisotopic (exact) mass is 1090 g/mol. The Bertz CT molecular complexity index is 1780. The Morgan fingerprint density at radius 3 is 0.722 bits per heavy atom. The van der Waals surface area contributed by atoms with Gasteiger partial charge in [-0.15, -0.1) is 0 Å². The fourth-order valence-corrected chi connectivity index (χ4v) is 8.33. The molecule has 6 nitrogen and oxygen atoms in total. The summed E-state index contributed by atoms with van der Waals surface area (Å²) in [6.45, 7) is 6.26. The van der Waals surface area contributed by atoms with Crippen LogP contribution < -0.4 is 0 Å². The molecule has 1 unspecified atom stereocenters. The van der Waals surface area contributed by atoms with Crippen LogP contribution in [0.4, 0.5) is 0 Å². The van der Waals surface area contributed by atoms with Crippen molar-refractivity contribution in [1.29, 1.82) is 0 Å². The Kier molecular flexibility index (Phi) is 61.4. The molecule has 0 amide bonds. The highest BCUT2D eigenvalue weighted by Crippen LogP contribution is 2.15. The second-order valence-corrected chi connectivity index (χ2v) is 20.5. The van der Waals surface area contributed by atoms with Gasteiger partial charge in [0, 0.05) is 19.3 Å². The van der Waals surface area contributed by atoms with Gasteiger partial charge in [-0.05, 0) is 141 Å². The first-order valence-electron chi connectivity index (χ1n) is 32.0.